The van der Waals surface area contributed by atoms with Crippen LogP contribution in [-0.4, -0.2) is 16.6 Å². The average molecular weight is 284 g/mol. The van der Waals surface area contributed by atoms with Crippen molar-refractivity contribution in [3.63, 3.8) is 0 Å². The molecule has 110 valence electrons. The normalized spacial score (nSPS) is 12.9. The van der Waals surface area contributed by atoms with Crippen LogP contribution in [0, 0.1) is 17.2 Å². The number of rotatable bonds is 4. The number of hydrogen-bond acceptors (Lipinski definition) is 3. The number of para-hydroxylation sites is 1. The Bertz CT molecular complexity index is 674. The first kappa shape index (κ1) is 15.1. The summed E-state index contributed by atoms with van der Waals surface area (Å²) >= 11 is 0. The minimum Gasteiger partial charge on any atom is -0.459 e. The van der Waals surface area contributed by atoms with Gasteiger partial charge in [-0.25, -0.2) is 0 Å². The SMILES string of the molecule is CC(C)(C)OC(=O)C(C#N)CCc1c[nH]c2ccccc12. The van der Waals surface area contributed by atoms with E-state index in [1.807, 2.05) is 30.5 Å². The van der Waals surface area contributed by atoms with Crippen molar-refractivity contribution in [2.24, 2.45) is 5.92 Å². The predicted molar refractivity (Wildman–Crippen MR) is 81.6 cm³/mol. The fourth-order valence-electron chi connectivity index (χ4n) is 2.25. The highest BCUT2D eigenvalue weighted by molar-refractivity contribution is 5.83. The van der Waals surface area contributed by atoms with Crippen LogP contribution in [0.5, 0.6) is 0 Å². The number of benzene rings is 1. The Morgan fingerprint density at radius 2 is 2.10 bits per heavy atom. The maximum absolute atomic E-state index is 12.0. The van der Waals surface area contributed by atoms with Crippen molar-refractivity contribution in [1.82, 2.24) is 4.98 Å². The largest absolute Gasteiger partial charge is 0.459 e. The molecule has 0 aliphatic carbocycles. The van der Waals surface area contributed by atoms with E-state index in [4.69, 9.17) is 4.74 Å². The maximum atomic E-state index is 12.0. The Hall–Kier alpha value is -2.28. The van der Waals surface area contributed by atoms with Gasteiger partial charge < -0.3 is 9.72 Å². The van der Waals surface area contributed by atoms with Gasteiger partial charge in [0, 0.05) is 17.1 Å². The summed E-state index contributed by atoms with van der Waals surface area (Å²) in [4.78, 5) is 15.2. The molecule has 0 aliphatic rings. The number of H-pyrrole nitrogens is 1. The first-order valence-electron chi connectivity index (χ1n) is 7.08. The summed E-state index contributed by atoms with van der Waals surface area (Å²) in [5.74, 6) is -1.16. The minimum absolute atomic E-state index is 0.440. The lowest BCUT2D eigenvalue weighted by atomic mass is 10.00. The second-order valence-corrected chi connectivity index (χ2v) is 6.11. The highest BCUT2D eigenvalue weighted by atomic mass is 16.6. The number of nitrogens with one attached hydrogen (secondary N) is 1. The van der Waals surface area contributed by atoms with Gasteiger partial charge in [-0.2, -0.15) is 5.26 Å². The van der Waals surface area contributed by atoms with Crippen LogP contribution in [0.2, 0.25) is 0 Å². The van der Waals surface area contributed by atoms with Gasteiger partial charge in [0.2, 0.25) is 0 Å². The molecule has 0 fully saturated rings. The molecule has 0 amide bonds. The molecule has 2 rings (SSSR count). The Kier molecular flexibility index (Phi) is 4.32. The number of carbonyl (C=O) groups is 1. The smallest absolute Gasteiger partial charge is 0.323 e. The number of aromatic amines is 1. The highest BCUT2D eigenvalue weighted by Crippen LogP contribution is 2.21. The Balaban J connectivity index is 2.04. The molecular formula is C17H20N2O2. The van der Waals surface area contributed by atoms with Crippen LogP contribution in [0.3, 0.4) is 0 Å². The summed E-state index contributed by atoms with van der Waals surface area (Å²) < 4.78 is 5.28. The quantitative estimate of drug-likeness (QED) is 0.873. The number of ether oxygens (including phenoxy) is 1. The molecule has 0 bridgehead atoms. The summed E-state index contributed by atoms with van der Waals surface area (Å²) in [6.45, 7) is 5.41. The van der Waals surface area contributed by atoms with Gasteiger partial charge in [0.05, 0.1) is 6.07 Å². The average Bonchev–Trinajstić information content (AvgIpc) is 2.81. The van der Waals surface area contributed by atoms with E-state index in [9.17, 15) is 10.1 Å². The Labute approximate surface area is 124 Å². The Morgan fingerprint density at radius 1 is 1.38 bits per heavy atom. The summed E-state index contributed by atoms with van der Waals surface area (Å²) in [5, 5.41) is 10.3. The van der Waals surface area contributed by atoms with Gasteiger partial charge in [0.1, 0.15) is 11.5 Å². The number of aromatic nitrogens is 1. The summed E-state index contributed by atoms with van der Waals surface area (Å²) in [7, 11) is 0. The number of nitrogens with zero attached hydrogens (tertiary/aromatic N) is 1. The molecule has 1 N–H and O–H groups in total. The van der Waals surface area contributed by atoms with Gasteiger partial charge in [-0.1, -0.05) is 18.2 Å². The van der Waals surface area contributed by atoms with Crippen LogP contribution in [0.25, 0.3) is 10.9 Å². The van der Waals surface area contributed by atoms with Crippen molar-refractivity contribution < 1.29 is 9.53 Å². The van der Waals surface area contributed by atoms with Crippen molar-refractivity contribution in [2.45, 2.75) is 39.2 Å². The van der Waals surface area contributed by atoms with Gasteiger partial charge in [-0.05, 0) is 45.2 Å². The van der Waals surface area contributed by atoms with E-state index in [0.717, 1.165) is 16.5 Å². The third kappa shape index (κ3) is 3.85. The van der Waals surface area contributed by atoms with E-state index in [2.05, 4.69) is 11.1 Å². The minimum atomic E-state index is -0.724. The molecule has 0 saturated heterocycles. The second-order valence-electron chi connectivity index (χ2n) is 6.11. The molecule has 1 unspecified atom stereocenters. The number of fused-ring (bicyclic) bond motifs is 1. The first-order valence-corrected chi connectivity index (χ1v) is 7.08. The lowest BCUT2D eigenvalue weighted by Gasteiger charge is -2.21. The van der Waals surface area contributed by atoms with E-state index in [0.29, 0.717) is 12.8 Å². The molecule has 0 spiro atoms. The molecule has 1 aromatic heterocycles. The third-order valence-corrected chi connectivity index (χ3v) is 3.22. The molecule has 1 heterocycles. The lowest BCUT2D eigenvalue weighted by molar-refractivity contribution is -0.158. The number of carbonyl (C=O) groups excluding carboxylic acids is 1. The fraction of sp³-hybridized carbons (Fsp3) is 0.412. The van der Waals surface area contributed by atoms with Crippen LogP contribution in [0.15, 0.2) is 30.5 Å². The van der Waals surface area contributed by atoms with Gasteiger partial charge in [-0.15, -0.1) is 0 Å². The fourth-order valence-corrected chi connectivity index (χ4v) is 2.25. The van der Waals surface area contributed by atoms with Gasteiger partial charge in [-0.3, -0.25) is 4.79 Å². The Morgan fingerprint density at radius 3 is 2.76 bits per heavy atom. The predicted octanol–water partition coefficient (Wildman–Crippen LogP) is 3.58. The van der Waals surface area contributed by atoms with Gasteiger partial charge in [0.15, 0.2) is 0 Å². The molecule has 1 atom stereocenters. The van der Waals surface area contributed by atoms with E-state index >= 15 is 0 Å². The van der Waals surface area contributed by atoms with Crippen molar-refractivity contribution in [1.29, 1.82) is 5.26 Å². The molecular weight excluding hydrogens is 264 g/mol. The molecule has 4 heteroatoms. The van der Waals surface area contributed by atoms with E-state index in [-0.39, 0.29) is 0 Å². The van der Waals surface area contributed by atoms with Crippen LogP contribution in [0.1, 0.15) is 32.8 Å². The molecule has 0 radical (unpaired) electrons. The van der Waals surface area contributed by atoms with Crippen molar-refractivity contribution in [3.05, 3.63) is 36.0 Å². The van der Waals surface area contributed by atoms with Crippen LogP contribution in [0.4, 0.5) is 0 Å². The molecule has 21 heavy (non-hydrogen) atoms. The van der Waals surface area contributed by atoms with Crippen molar-refractivity contribution in [3.8, 4) is 6.07 Å². The van der Waals surface area contributed by atoms with Crippen LogP contribution >= 0.6 is 0 Å². The zero-order valence-electron chi connectivity index (χ0n) is 12.6. The zero-order valence-corrected chi connectivity index (χ0v) is 12.6. The maximum Gasteiger partial charge on any atom is 0.323 e. The van der Waals surface area contributed by atoms with Crippen molar-refractivity contribution >= 4 is 16.9 Å². The van der Waals surface area contributed by atoms with Crippen LogP contribution in [-0.2, 0) is 16.0 Å². The van der Waals surface area contributed by atoms with Crippen molar-refractivity contribution in [2.75, 3.05) is 0 Å². The number of nitriles is 1. The van der Waals surface area contributed by atoms with E-state index in [1.165, 1.54) is 0 Å². The number of hydrogen-bond donors (Lipinski definition) is 1. The first-order chi connectivity index (χ1) is 9.90. The van der Waals surface area contributed by atoms with Gasteiger partial charge >= 0.3 is 5.97 Å². The monoisotopic (exact) mass is 284 g/mol. The zero-order chi connectivity index (χ0) is 15.5. The molecule has 4 nitrogen and oxygen atoms in total. The molecule has 0 aliphatic heterocycles. The standard InChI is InChI=1S/C17H20N2O2/c1-17(2,3)21-16(20)12(10-18)8-9-13-11-19-15-7-5-4-6-14(13)15/h4-7,11-12,19H,8-9H2,1-3H3. The number of esters is 1. The highest BCUT2D eigenvalue weighted by Gasteiger charge is 2.25. The van der Waals surface area contributed by atoms with Crippen LogP contribution < -0.4 is 0 Å². The summed E-state index contributed by atoms with van der Waals surface area (Å²) in [6.07, 6.45) is 3.07. The molecule has 0 saturated carbocycles. The summed E-state index contributed by atoms with van der Waals surface area (Å²) in [5.41, 5.74) is 1.63. The summed E-state index contributed by atoms with van der Waals surface area (Å²) in [6, 6.07) is 10.1. The third-order valence-electron chi connectivity index (χ3n) is 3.22. The topological polar surface area (TPSA) is 65.9 Å². The lowest BCUT2D eigenvalue weighted by Crippen LogP contribution is -2.28. The molecule has 2 aromatic rings. The molecule has 1 aromatic carbocycles. The second kappa shape index (κ2) is 6.01. The number of aryl methyl sites for hydroxylation is 1. The van der Waals surface area contributed by atoms with E-state index < -0.39 is 17.5 Å². The van der Waals surface area contributed by atoms with E-state index in [1.54, 1.807) is 20.8 Å². The van der Waals surface area contributed by atoms with Gasteiger partial charge in [0.25, 0.3) is 0 Å².